The van der Waals surface area contributed by atoms with Crippen LogP contribution in [0.4, 0.5) is 0 Å². The van der Waals surface area contributed by atoms with E-state index in [4.69, 9.17) is 4.42 Å². The lowest BCUT2D eigenvalue weighted by Gasteiger charge is -1.80. The summed E-state index contributed by atoms with van der Waals surface area (Å²) in [6.07, 6.45) is 0. The molecule has 0 radical (unpaired) electrons. The van der Waals surface area contributed by atoms with E-state index in [1.54, 1.807) is 0 Å². The number of furan rings is 1. The fourth-order valence-corrected chi connectivity index (χ4v) is 1.05. The molecular formula is C7H8N2O. The third-order valence-corrected chi connectivity index (χ3v) is 1.52. The zero-order chi connectivity index (χ0) is 7.14. The maximum absolute atomic E-state index is 5.34. The summed E-state index contributed by atoms with van der Waals surface area (Å²) in [4.78, 5) is 0. The number of hydrogen-bond donors (Lipinski definition) is 1. The molecule has 2 heterocycles. The Morgan fingerprint density at radius 3 is 3.00 bits per heavy atom. The molecule has 0 aliphatic heterocycles. The molecule has 0 unspecified atom stereocenters. The zero-order valence-electron chi connectivity index (χ0n) is 5.93. The monoisotopic (exact) mass is 136 g/mol. The first kappa shape index (κ1) is 5.53. The van der Waals surface area contributed by atoms with Crippen molar-refractivity contribution >= 4 is 11.1 Å². The Hall–Kier alpha value is -1.25. The highest BCUT2D eigenvalue weighted by Gasteiger charge is 2.04. The number of aryl methyl sites for hydroxylation is 2. The number of nitrogens with one attached hydrogen (secondary N) is 1. The molecule has 0 spiro atoms. The maximum atomic E-state index is 5.34. The Bertz CT molecular complexity index is 358. The predicted octanol–water partition coefficient (Wildman–Crippen LogP) is 1.77. The lowest BCUT2D eigenvalue weighted by Crippen LogP contribution is -1.69. The summed E-state index contributed by atoms with van der Waals surface area (Å²) >= 11 is 0. The van der Waals surface area contributed by atoms with Crippen LogP contribution in [0.15, 0.2) is 10.5 Å². The fraction of sp³-hybridized carbons (Fsp3) is 0.286. The number of hydrogen-bond acceptors (Lipinski definition) is 2. The van der Waals surface area contributed by atoms with E-state index in [0.29, 0.717) is 0 Å². The average molecular weight is 136 g/mol. The lowest BCUT2D eigenvalue weighted by atomic mass is 10.4. The van der Waals surface area contributed by atoms with E-state index < -0.39 is 0 Å². The normalized spacial score (nSPS) is 11.0. The minimum Gasteiger partial charge on any atom is -0.458 e. The number of H-pyrrole nitrogens is 1. The number of fused-ring (bicyclic) bond motifs is 1. The number of rotatable bonds is 0. The summed E-state index contributed by atoms with van der Waals surface area (Å²) in [7, 11) is 0. The highest BCUT2D eigenvalue weighted by molar-refractivity contribution is 5.75. The molecule has 0 saturated heterocycles. The molecule has 0 saturated carbocycles. The van der Waals surface area contributed by atoms with Gasteiger partial charge >= 0.3 is 0 Å². The SMILES string of the molecule is Cc1cc2n[nH]c(C)c2o1. The van der Waals surface area contributed by atoms with Crippen LogP contribution in [-0.4, -0.2) is 10.2 Å². The van der Waals surface area contributed by atoms with Gasteiger partial charge in [0.2, 0.25) is 0 Å². The second kappa shape index (κ2) is 1.62. The Morgan fingerprint density at radius 1 is 1.50 bits per heavy atom. The van der Waals surface area contributed by atoms with Crippen LogP contribution in [0, 0.1) is 13.8 Å². The van der Waals surface area contributed by atoms with Crippen LogP contribution in [0.2, 0.25) is 0 Å². The van der Waals surface area contributed by atoms with Gasteiger partial charge < -0.3 is 4.42 Å². The summed E-state index contributed by atoms with van der Waals surface area (Å²) in [5, 5.41) is 6.86. The largest absolute Gasteiger partial charge is 0.458 e. The van der Waals surface area contributed by atoms with Crippen molar-refractivity contribution in [1.29, 1.82) is 0 Å². The van der Waals surface area contributed by atoms with Crippen LogP contribution in [-0.2, 0) is 0 Å². The molecule has 0 amide bonds. The first-order valence-corrected chi connectivity index (χ1v) is 3.18. The van der Waals surface area contributed by atoms with Gasteiger partial charge in [-0.15, -0.1) is 0 Å². The number of aromatic amines is 1. The van der Waals surface area contributed by atoms with Gasteiger partial charge in [-0.2, -0.15) is 5.10 Å². The molecule has 0 atom stereocenters. The van der Waals surface area contributed by atoms with Gasteiger partial charge in [0, 0.05) is 6.07 Å². The highest BCUT2D eigenvalue weighted by atomic mass is 16.3. The van der Waals surface area contributed by atoms with Crippen molar-refractivity contribution in [2.24, 2.45) is 0 Å². The third kappa shape index (κ3) is 0.572. The Kier molecular flexibility index (Phi) is 0.897. The molecule has 0 aliphatic carbocycles. The summed E-state index contributed by atoms with van der Waals surface area (Å²) in [5.41, 5.74) is 2.77. The molecule has 2 aromatic heterocycles. The first-order chi connectivity index (χ1) is 4.77. The molecule has 2 aromatic rings. The van der Waals surface area contributed by atoms with Gasteiger partial charge in [-0.05, 0) is 13.8 Å². The zero-order valence-corrected chi connectivity index (χ0v) is 5.93. The van der Waals surface area contributed by atoms with E-state index in [9.17, 15) is 0 Å². The van der Waals surface area contributed by atoms with Gasteiger partial charge in [-0.25, -0.2) is 0 Å². The summed E-state index contributed by atoms with van der Waals surface area (Å²) < 4.78 is 5.34. The van der Waals surface area contributed by atoms with E-state index in [1.807, 2.05) is 19.9 Å². The molecule has 0 fully saturated rings. The van der Waals surface area contributed by atoms with Crippen molar-refractivity contribution in [3.63, 3.8) is 0 Å². The molecular weight excluding hydrogens is 128 g/mol. The van der Waals surface area contributed by atoms with Crippen LogP contribution in [0.25, 0.3) is 11.1 Å². The smallest absolute Gasteiger partial charge is 0.174 e. The van der Waals surface area contributed by atoms with E-state index >= 15 is 0 Å². The Balaban J connectivity index is 2.90. The van der Waals surface area contributed by atoms with Gasteiger partial charge in [-0.3, -0.25) is 5.10 Å². The quantitative estimate of drug-likeness (QED) is 0.599. The molecule has 0 aromatic carbocycles. The van der Waals surface area contributed by atoms with Gasteiger partial charge in [0.1, 0.15) is 11.3 Å². The Labute approximate surface area is 58.0 Å². The molecule has 10 heavy (non-hydrogen) atoms. The minimum absolute atomic E-state index is 0.873. The second-order valence-corrected chi connectivity index (χ2v) is 2.42. The molecule has 1 N–H and O–H groups in total. The van der Waals surface area contributed by atoms with Crippen LogP contribution in [0.5, 0.6) is 0 Å². The first-order valence-electron chi connectivity index (χ1n) is 3.18. The topological polar surface area (TPSA) is 41.8 Å². The minimum atomic E-state index is 0.873. The van der Waals surface area contributed by atoms with Crippen molar-refractivity contribution in [2.75, 3.05) is 0 Å². The maximum Gasteiger partial charge on any atom is 0.174 e. The average Bonchev–Trinajstić information content (AvgIpc) is 2.35. The van der Waals surface area contributed by atoms with Crippen molar-refractivity contribution < 1.29 is 4.42 Å². The second-order valence-electron chi connectivity index (χ2n) is 2.42. The van der Waals surface area contributed by atoms with Crippen molar-refractivity contribution in [3.05, 3.63) is 17.5 Å². The van der Waals surface area contributed by atoms with Gasteiger partial charge in [0.05, 0.1) is 5.69 Å². The Morgan fingerprint density at radius 2 is 2.30 bits per heavy atom. The fourth-order valence-electron chi connectivity index (χ4n) is 1.05. The lowest BCUT2D eigenvalue weighted by molar-refractivity contribution is 0.575. The van der Waals surface area contributed by atoms with Crippen LogP contribution < -0.4 is 0 Å². The van der Waals surface area contributed by atoms with Crippen molar-refractivity contribution in [1.82, 2.24) is 10.2 Å². The summed E-state index contributed by atoms with van der Waals surface area (Å²) in [5.74, 6) is 0.912. The van der Waals surface area contributed by atoms with E-state index in [0.717, 1.165) is 22.6 Å². The van der Waals surface area contributed by atoms with Crippen molar-refractivity contribution in [2.45, 2.75) is 13.8 Å². The van der Waals surface area contributed by atoms with E-state index in [1.165, 1.54) is 0 Å². The van der Waals surface area contributed by atoms with Crippen molar-refractivity contribution in [3.8, 4) is 0 Å². The van der Waals surface area contributed by atoms with Crippen LogP contribution in [0.3, 0.4) is 0 Å². The van der Waals surface area contributed by atoms with Gasteiger partial charge in [0.25, 0.3) is 0 Å². The third-order valence-electron chi connectivity index (χ3n) is 1.52. The molecule has 3 heteroatoms. The summed E-state index contributed by atoms with van der Waals surface area (Å²) in [6, 6.07) is 1.92. The predicted molar refractivity (Wildman–Crippen MR) is 37.8 cm³/mol. The molecule has 0 aliphatic rings. The summed E-state index contributed by atoms with van der Waals surface area (Å²) in [6.45, 7) is 3.86. The van der Waals surface area contributed by atoms with Gasteiger partial charge in [-0.1, -0.05) is 0 Å². The van der Waals surface area contributed by atoms with Crippen LogP contribution in [0.1, 0.15) is 11.5 Å². The van der Waals surface area contributed by atoms with Crippen LogP contribution >= 0.6 is 0 Å². The van der Waals surface area contributed by atoms with Gasteiger partial charge in [0.15, 0.2) is 5.58 Å². The molecule has 3 nitrogen and oxygen atoms in total. The standard InChI is InChI=1S/C7H8N2O/c1-4-3-6-7(10-4)5(2)8-9-6/h3H,1-2H3,(H,8,9). The highest BCUT2D eigenvalue weighted by Crippen LogP contribution is 2.18. The number of nitrogens with zero attached hydrogens (tertiary/aromatic N) is 1. The van der Waals surface area contributed by atoms with E-state index in [-0.39, 0.29) is 0 Å². The molecule has 52 valence electrons. The molecule has 0 bridgehead atoms. The van der Waals surface area contributed by atoms with E-state index in [2.05, 4.69) is 10.2 Å². The number of aromatic nitrogens is 2. The molecule has 2 rings (SSSR count).